The quantitative estimate of drug-likeness (QED) is 0.766. The van der Waals surface area contributed by atoms with E-state index in [0.29, 0.717) is 5.56 Å². The molecular formula is C15H10N4O2. The topological polar surface area (TPSA) is 121 Å². The van der Waals surface area contributed by atoms with Gasteiger partial charge >= 0.3 is 0 Å². The number of aliphatic hydroxyl groups is 1. The Labute approximate surface area is 120 Å². The van der Waals surface area contributed by atoms with Crippen molar-refractivity contribution in [2.45, 2.75) is 18.1 Å². The molecule has 1 aliphatic carbocycles. The van der Waals surface area contributed by atoms with Crippen molar-refractivity contribution in [3.05, 3.63) is 35.9 Å². The van der Waals surface area contributed by atoms with Crippen molar-refractivity contribution in [1.82, 2.24) is 5.32 Å². The van der Waals surface area contributed by atoms with Gasteiger partial charge in [-0.25, -0.2) is 0 Å². The smallest absolute Gasteiger partial charge is 0.246 e. The highest BCUT2D eigenvalue weighted by Crippen LogP contribution is 2.83. The van der Waals surface area contributed by atoms with E-state index in [-0.39, 0.29) is 0 Å². The van der Waals surface area contributed by atoms with E-state index in [0.717, 1.165) is 0 Å². The number of carbonyl (C=O) groups excluding carboxylic acids is 1. The van der Waals surface area contributed by atoms with E-state index in [1.807, 2.05) is 18.2 Å². The maximum absolute atomic E-state index is 12.3. The molecule has 3 atom stereocenters. The summed E-state index contributed by atoms with van der Waals surface area (Å²) < 4.78 is 0. The first-order chi connectivity index (χ1) is 9.91. The molecule has 102 valence electrons. The zero-order chi connectivity index (χ0) is 15.5. The molecule has 3 unspecified atom stereocenters. The molecule has 1 aliphatic heterocycles. The number of nitrogens with zero attached hydrogens (tertiary/aromatic N) is 3. The number of rotatable bonds is 1. The van der Waals surface area contributed by atoms with Gasteiger partial charge in [-0.05, 0) is 12.5 Å². The summed E-state index contributed by atoms with van der Waals surface area (Å²) in [5.41, 5.74) is -6.88. The van der Waals surface area contributed by atoms with E-state index in [9.17, 15) is 25.7 Å². The lowest BCUT2D eigenvalue weighted by Crippen LogP contribution is -2.52. The molecule has 0 bridgehead atoms. The predicted octanol–water partition coefficient (Wildman–Crippen LogP) is 0.320. The van der Waals surface area contributed by atoms with E-state index >= 15 is 0 Å². The second-order valence-electron chi connectivity index (χ2n) is 5.48. The maximum atomic E-state index is 12.3. The van der Waals surface area contributed by atoms with Crippen LogP contribution in [0.15, 0.2) is 30.3 Å². The van der Waals surface area contributed by atoms with E-state index < -0.39 is 27.9 Å². The molecule has 1 aromatic rings. The summed E-state index contributed by atoms with van der Waals surface area (Å²) >= 11 is 0. The number of nitriles is 3. The third-order valence-corrected chi connectivity index (χ3v) is 4.76. The molecule has 1 saturated carbocycles. The number of benzene rings is 1. The molecule has 6 nitrogen and oxygen atoms in total. The Kier molecular flexibility index (Phi) is 2.13. The van der Waals surface area contributed by atoms with Crippen molar-refractivity contribution >= 4 is 5.91 Å². The lowest BCUT2D eigenvalue weighted by molar-refractivity contribution is -0.127. The largest absolute Gasteiger partial charge is 0.370 e. The van der Waals surface area contributed by atoms with Gasteiger partial charge in [-0.2, -0.15) is 15.8 Å². The van der Waals surface area contributed by atoms with Crippen molar-refractivity contribution in [1.29, 1.82) is 15.8 Å². The van der Waals surface area contributed by atoms with Crippen LogP contribution in [0.5, 0.6) is 0 Å². The highest BCUT2D eigenvalue weighted by Gasteiger charge is 3.02. The van der Waals surface area contributed by atoms with Gasteiger partial charge in [0.2, 0.25) is 5.91 Å². The summed E-state index contributed by atoms with van der Waals surface area (Å²) in [5, 5.41) is 41.6. The third-order valence-electron chi connectivity index (χ3n) is 4.76. The van der Waals surface area contributed by atoms with Crippen LogP contribution in [0.1, 0.15) is 12.5 Å². The number of fused-ring (bicyclic) bond motifs is 1. The van der Waals surface area contributed by atoms with E-state index in [2.05, 4.69) is 5.32 Å². The minimum atomic E-state index is -1.91. The minimum absolute atomic E-state index is 0.415. The van der Waals surface area contributed by atoms with Crippen LogP contribution in [0.3, 0.4) is 0 Å². The van der Waals surface area contributed by atoms with Gasteiger partial charge in [-0.3, -0.25) is 4.79 Å². The second kappa shape index (κ2) is 3.41. The first kappa shape index (κ1) is 13.1. The van der Waals surface area contributed by atoms with Crippen molar-refractivity contribution < 1.29 is 9.90 Å². The Morgan fingerprint density at radius 1 is 1.10 bits per heavy atom. The molecule has 3 rings (SSSR count). The summed E-state index contributed by atoms with van der Waals surface area (Å²) in [6.45, 7) is 1.31. The standard InChI is InChI=1S/C15H10N4O2/c1-12(21)15(10-5-3-2-4-6-10)13(7-16,8-17)14(15,9-18)11(20)19-12/h2-6,21H,1H3,(H,19,20). The third kappa shape index (κ3) is 0.923. The monoisotopic (exact) mass is 278 g/mol. The van der Waals surface area contributed by atoms with E-state index in [4.69, 9.17) is 0 Å². The molecule has 2 aliphatic rings. The second-order valence-corrected chi connectivity index (χ2v) is 5.48. The molecule has 6 heteroatoms. The van der Waals surface area contributed by atoms with Crippen molar-refractivity contribution in [3.8, 4) is 18.2 Å². The summed E-state index contributed by atoms with van der Waals surface area (Å²) in [7, 11) is 0. The Hall–Kier alpha value is -2.88. The number of hydrogen-bond donors (Lipinski definition) is 2. The van der Waals surface area contributed by atoms with Gasteiger partial charge in [0.05, 0.1) is 18.2 Å². The predicted molar refractivity (Wildman–Crippen MR) is 68.6 cm³/mol. The van der Waals surface area contributed by atoms with Crippen LogP contribution < -0.4 is 5.32 Å². The number of carbonyl (C=O) groups is 1. The first-order valence-electron chi connectivity index (χ1n) is 6.26. The van der Waals surface area contributed by atoms with Crippen LogP contribution in [-0.2, 0) is 10.2 Å². The molecule has 1 heterocycles. The molecule has 0 aromatic heterocycles. The van der Waals surface area contributed by atoms with Crippen LogP contribution >= 0.6 is 0 Å². The number of nitrogens with one attached hydrogen (secondary N) is 1. The number of amides is 1. The first-order valence-corrected chi connectivity index (χ1v) is 6.26. The van der Waals surface area contributed by atoms with Crippen LogP contribution in [-0.4, -0.2) is 16.7 Å². The average molecular weight is 278 g/mol. The van der Waals surface area contributed by atoms with Crippen molar-refractivity contribution in [2.24, 2.45) is 10.8 Å². The minimum Gasteiger partial charge on any atom is -0.370 e. The maximum Gasteiger partial charge on any atom is 0.246 e. The van der Waals surface area contributed by atoms with Gasteiger partial charge in [0.15, 0.2) is 10.8 Å². The number of piperidine rings is 1. The highest BCUT2D eigenvalue weighted by atomic mass is 16.3. The molecule has 21 heavy (non-hydrogen) atoms. The van der Waals surface area contributed by atoms with Crippen LogP contribution in [0.2, 0.25) is 0 Å². The fourth-order valence-corrected chi connectivity index (χ4v) is 4.02. The summed E-state index contributed by atoms with van der Waals surface area (Å²) in [6, 6.07) is 13.8. The van der Waals surface area contributed by atoms with E-state index in [1.54, 1.807) is 30.3 Å². The Bertz CT molecular complexity index is 767. The summed E-state index contributed by atoms with van der Waals surface area (Å²) in [4.78, 5) is 12.3. The zero-order valence-corrected chi connectivity index (χ0v) is 11.1. The average Bonchev–Trinajstić information content (AvgIpc) is 3.00. The van der Waals surface area contributed by atoms with Gasteiger partial charge in [-0.15, -0.1) is 0 Å². The molecular weight excluding hydrogens is 268 g/mol. The van der Waals surface area contributed by atoms with Crippen LogP contribution in [0.25, 0.3) is 0 Å². The Balaban J connectivity index is 2.45. The Morgan fingerprint density at radius 2 is 1.67 bits per heavy atom. The number of hydrogen-bond acceptors (Lipinski definition) is 5. The van der Waals surface area contributed by atoms with Crippen molar-refractivity contribution in [3.63, 3.8) is 0 Å². The van der Waals surface area contributed by atoms with Gasteiger partial charge in [0.25, 0.3) is 0 Å². The zero-order valence-electron chi connectivity index (χ0n) is 11.1. The molecule has 0 spiro atoms. The van der Waals surface area contributed by atoms with Crippen LogP contribution in [0.4, 0.5) is 0 Å². The lowest BCUT2D eigenvalue weighted by Gasteiger charge is -2.31. The van der Waals surface area contributed by atoms with Crippen molar-refractivity contribution in [2.75, 3.05) is 0 Å². The molecule has 0 radical (unpaired) electrons. The van der Waals surface area contributed by atoms with Gasteiger partial charge in [-0.1, -0.05) is 30.3 Å². The lowest BCUT2D eigenvalue weighted by atomic mass is 9.79. The molecule has 1 aromatic carbocycles. The van der Waals surface area contributed by atoms with Crippen LogP contribution in [0, 0.1) is 44.8 Å². The molecule has 1 saturated heterocycles. The van der Waals surface area contributed by atoms with Gasteiger partial charge in [0, 0.05) is 0 Å². The van der Waals surface area contributed by atoms with E-state index in [1.165, 1.54) is 6.92 Å². The molecule has 1 amide bonds. The fourth-order valence-electron chi connectivity index (χ4n) is 4.02. The highest BCUT2D eigenvalue weighted by molar-refractivity contribution is 6.02. The SMILES string of the molecule is CC1(O)NC(=O)C2(C#N)C(C#N)(C#N)C12c1ccccc1. The fraction of sp³-hybridized carbons (Fsp3) is 0.333. The summed E-state index contributed by atoms with van der Waals surface area (Å²) in [5.74, 6) is -0.790. The Morgan fingerprint density at radius 3 is 2.10 bits per heavy atom. The van der Waals surface area contributed by atoms with Gasteiger partial charge < -0.3 is 10.4 Å². The molecule has 2 fully saturated rings. The molecule has 2 N–H and O–H groups in total. The van der Waals surface area contributed by atoms with Gasteiger partial charge in [0.1, 0.15) is 11.1 Å². The normalized spacial score (nSPS) is 38.3. The summed E-state index contributed by atoms with van der Waals surface area (Å²) in [6.07, 6.45) is 0.